The first kappa shape index (κ1) is 32.7. The molecule has 0 bridgehead atoms. The van der Waals surface area contributed by atoms with Crippen LogP contribution in [-0.4, -0.2) is 37.6 Å². The fraction of sp³-hybridized carbons (Fsp3) is 0.250. The summed E-state index contributed by atoms with van der Waals surface area (Å²) in [4.78, 5) is 19.0. The highest BCUT2D eigenvalue weighted by molar-refractivity contribution is 9.10. The number of halogens is 4. The van der Waals surface area contributed by atoms with E-state index in [0.29, 0.717) is 23.5 Å². The largest absolute Gasteiger partial charge is 0.416 e. The van der Waals surface area contributed by atoms with E-state index in [1.54, 1.807) is 61.6 Å². The molecule has 0 aliphatic carbocycles. The number of imidazole rings is 1. The first-order valence-corrected chi connectivity index (χ1v) is 14.8. The molecule has 3 aromatic carbocycles. The Morgan fingerprint density at radius 2 is 1.75 bits per heavy atom. The normalized spacial score (nSPS) is 11.5. The van der Waals surface area contributed by atoms with E-state index in [1.807, 2.05) is 28.8 Å². The number of rotatable bonds is 10. The first-order chi connectivity index (χ1) is 20.8. The van der Waals surface area contributed by atoms with Crippen molar-refractivity contribution in [2.75, 3.05) is 11.9 Å². The Kier molecular flexibility index (Phi) is 10.4. The minimum absolute atomic E-state index is 0.0399. The lowest BCUT2D eigenvalue weighted by Gasteiger charge is -2.35. The number of benzene rings is 3. The number of anilines is 1. The smallest absolute Gasteiger partial charge is 0.349 e. The third kappa shape index (κ3) is 9.14. The summed E-state index contributed by atoms with van der Waals surface area (Å²) in [5.74, 6) is -0.279. The molecule has 7 nitrogen and oxygen atoms in total. The second-order valence-electron chi connectivity index (χ2n) is 10.9. The minimum Gasteiger partial charge on any atom is -0.349 e. The number of aromatic nitrogens is 2. The predicted octanol–water partition coefficient (Wildman–Crippen LogP) is 6.92. The first-order valence-electron chi connectivity index (χ1n) is 13.6. The number of nitriles is 1. The molecule has 0 aliphatic heterocycles. The van der Waals surface area contributed by atoms with Gasteiger partial charge in [0.05, 0.1) is 35.5 Å². The summed E-state index contributed by atoms with van der Waals surface area (Å²) in [5, 5.41) is 15.4. The Morgan fingerprint density at radius 1 is 1.07 bits per heavy atom. The van der Waals surface area contributed by atoms with E-state index in [2.05, 4.69) is 37.6 Å². The van der Waals surface area contributed by atoms with Gasteiger partial charge in [0.1, 0.15) is 0 Å². The van der Waals surface area contributed by atoms with E-state index < -0.39 is 17.3 Å². The van der Waals surface area contributed by atoms with Gasteiger partial charge in [-0.15, -0.1) is 0 Å². The van der Waals surface area contributed by atoms with E-state index >= 15 is 0 Å². The van der Waals surface area contributed by atoms with Crippen LogP contribution in [0.15, 0.2) is 89.8 Å². The van der Waals surface area contributed by atoms with Crippen LogP contribution in [0.2, 0.25) is 0 Å². The van der Waals surface area contributed by atoms with Crippen molar-refractivity contribution in [3.8, 4) is 6.07 Å². The molecule has 0 atom stereocenters. The van der Waals surface area contributed by atoms with Gasteiger partial charge in [0, 0.05) is 41.7 Å². The number of amides is 1. The van der Waals surface area contributed by atoms with Gasteiger partial charge in [0.2, 0.25) is 5.91 Å². The Labute approximate surface area is 267 Å². The van der Waals surface area contributed by atoms with E-state index in [0.717, 1.165) is 16.1 Å². The van der Waals surface area contributed by atoms with Gasteiger partial charge in [-0.25, -0.2) is 4.98 Å². The number of hydrogen-bond acceptors (Lipinski definition) is 4. The molecule has 0 radical (unpaired) electrons. The van der Waals surface area contributed by atoms with Crippen molar-refractivity contribution in [3.05, 3.63) is 118 Å². The number of alkyl halides is 3. The molecule has 0 aliphatic rings. The molecule has 0 saturated heterocycles. The molecular weight excluding hydrogens is 653 g/mol. The number of nitrogens with zero attached hydrogens (tertiary/aromatic N) is 4. The molecule has 228 valence electrons. The predicted molar refractivity (Wildman–Crippen MR) is 171 cm³/mol. The Balaban J connectivity index is 1.49. The van der Waals surface area contributed by atoms with Crippen LogP contribution in [0.1, 0.15) is 41.8 Å². The van der Waals surface area contributed by atoms with Crippen molar-refractivity contribution >= 4 is 44.9 Å². The summed E-state index contributed by atoms with van der Waals surface area (Å²) >= 11 is 9.06. The van der Waals surface area contributed by atoms with Crippen LogP contribution in [0, 0.1) is 11.3 Å². The average Bonchev–Trinajstić information content (AvgIpc) is 3.39. The molecule has 1 aromatic heterocycles. The SMILES string of the molecule is CC(C)(CN(Cc1ccccc1C(F)(F)F)C(=S)Nc1ccc(Br)cc1)NC(=O)Cc1cncn1Cc1ccc(C#N)cc1. The summed E-state index contributed by atoms with van der Waals surface area (Å²) < 4.78 is 44.2. The molecule has 4 aromatic rings. The van der Waals surface area contributed by atoms with Gasteiger partial charge in [0.15, 0.2) is 5.11 Å². The third-order valence-corrected chi connectivity index (χ3v) is 7.60. The van der Waals surface area contributed by atoms with Crippen molar-refractivity contribution in [2.45, 2.75) is 45.1 Å². The van der Waals surface area contributed by atoms with Crippen LogP contribution in [0.3, 0.4) is 0 Å². The maximum absolute atomic E-state index is 13.8. The summed E-state index contributed by atoms with van der Waals surface area (Å²) in [7, 11) is 0. The van der Waals surface area contributed by atoms with Crippen molar-refractivity contribution in [1.82, 2.24) is 19.8 Å². The molecule has 0 fully saturated rings. The zero-order valence-electron chi connectivity index (χ0n) is 24.0. The van der Waals surface area contributed by atoms with E-state index in [1.165, 1.54) is 12.1 Å². The summed E-state index contributed by atoms with van der Waals surface area (Å²) in [6.45, 7) is 4.06. The lowest BCUT2D eigenvalue weighted by molar-refractivity contribution is -0.138. The highest BCUT2D eigenvalue weighted by Crippen LogP contribution is 2.32. The van der Waals surface area contributed by atoms with Crippen molar-refractivity contribution < 1.29 is 18.0 Å². The third-order valence-electron chi connectivity index (χ3n) is 6.71. The molecule has 44 heavy (non-hydrogen) atoms. The van der Waals surface area contributed by atoms with Crippen LogP contribution < -0.4 is 10.6 Å². The molecule has 0 spiro atoms. The molecule has 2 N–H and O–H groups in total. The number of thiocarbonyl (C=S) groups is 1. The molecular formula is C32H30BrF3N6OS. The fourth-order valence-electron chi connectivity index (χ4n) is 4.70. The Bertz CT molecular complexity index is 1650. The fourth-order valence-corrected chi connectivity index (χ4v) is 5.21. The van der Waals surface area contributed by atoms with Crippen LogP contribution >= 0.6 is 28.1 Å². The topological polar surface area (TPSA) is 86.0 Å². The van der Waals surface area contributed by atoms with Crippen molar-refractivity contribution in [1.29, 1.82) is 5.26 Å². The standard InChI is InChI=1S/C32H30BrF3N6OS/c1-31(2,40-29(43)15-27-17-38-21-42(27)18-23-9-7-22(16-37)8-10-23)20-41(30(44)39-26-13-11-25(33)12-14-26)19-24-5-3-4-6-28(24)32(34,35)36/h3-14,17,21H,15,18-20H2,1-2H3,(H,39,44)(H,40,43). The minimum atomic E-state index is -4.53. The molecule has 0 saturated carbocycles. The van der Waals surface area contributed by atoms with E-state index in [4.69, 9.17) is 17.5 Å². The average molecular weight is 684 g/mol. The van der Waals surface area contributed by atoms with Crippen molar-refractivity contribution in [3.63, 3.8) is 0 Å². The second-order valence-corrected chi connectivity index (χ2v) is 12.2. The van der Waals surface area contributed by atoms with Gasteiger partial charge in [-0.1, -0.05) is 46.3 Å². The van der Waals surface area contributed by atoms with Crippen LogP contribution in [0.5, 0.6) is 0 Å². The lowest BCUT2D eigenvalue weighted by atomic mass is 10.0. The summed E-state index contributed by atoms with van der Waals surface area (Å²) in [5.41, 5.74) is 1.31. The molecule has 12 heteroatoms. The quantitative estimate of drug-likeness (QED) is 0.177. The molecule has 1 amide bonds. The highest BCUT2D eigenvalue weighted by atomic mass is 79.9. The summed E-state index contributed by atoms with van der Waals surface area (Å²) in [6, 6.07) is 21.9. The molecule has 4 rings (SSSR count). The van der Waals surface area contributed by atoms with E-state index in [9.17, 15) is 18.0 Å². The van der Waals surface area contributed by atoms with Crippen LogP contribution in [0.4, 0.5) is 18.9 Å². The zero-order valence-corrected chi connectivity index (χ0v) is 26.4. The van der Waals surface area contributed by atoms with Gasteiger partial charge in [-0.2, -0.15) is 18.4 Å². The summed E-state index contributed by atoms with van der Waals surface area (Å²) in [6.07, 6.45) is -1.24. The number of hydrogen-bond donors (Lipinski definition) is 2. The Morgan fingerprint density at radius 3 is 2.41 bits per heavy atom. The number of carbonyl (C=O) groups is 1. The number of nitrogens with one attached hydrogen (secondary N) is 2. The Hall–Kier alpha value is -4.21. The van der Waals surface area contributed by atoms with Crippen LogP contribution in [-0.2, 0) is 30.5 Å². The highest BCUT2D eigenvalue weighted by Gasteiger charge is 2.34. The van der Waals surface area contributed by atoms with Gasteiger partial charge in [-0.05, 0) is 79.7 Å². The van der Waals surface area contributed by atoms with E-state index in [-0.39, 0.29) is 36.1 Å². The van der Waals surface area contributed by atoms with Gasteiger partial charge >= 0.3 is 6.18 Å². The van der Waals surface area contributed by atoms with Gasteiger partial charge in [-0.3, -0.25) is 4.79 Å². The van der Waals surface area contributed by atoms with Gasteiger partial charge < -0.3 is 20.1 Å². The molecule has 0 unspecified atom stereocenters. The van der Waals surface area contributed by atoms with Gasteiger partial charge in [0.25, 0.3) is 0 Å². The molecule has 1 heterocycles. The lowest BCUT2D eigenvalue weighted by Crippen LogP contribution is -2.53. The monoisotopic (exact) mass is 682 g/mol. The maximum atomic E-state index is 13.8. The zero-order chi connectivity index (χ0) is 31.9. The number of carbonyl (C=O) groups excluding carboxylic acids is 1. The second kappa shape index (κ2) is 14.1. The van der Waals surface area contributed by atoms with Crippen LogP contribution in [0.25, 0.3) is 0 Å². The van der Waals surface area contributed by atoms with Crippen molar-refractivity contribution in [2.24, 2.45) is 0 Å². The maximum Gasteiger partial charge on any atom is 0.416 e.